The van der Waals surface area contributed by atoms with Crippen molar-refractivity contribution in [2.45, 2.75) is 0 Å². The SMILES string of the molecule is Brc1c2c(cc3ccccc13)OCCO2. The lowest BCUT2D eigenvalue weighted by Crippen LogP contribution is -2.15. The van der Waals surface area contributed by atoms with Crippen LogP contribution in [0.5, 0.6) is 11.5 Å². The molecule has 0 aromatic heterocycles. The molecule has 0 unspecified atom stereocenters. The maximum atomic E-state index is 5.59. The van der Waals surface area contributed by atoms with Crippen LogP contribution in [0.25, 0.3) is 10.8 Å². The predicted octanol–water partition coefficient (Wildman–Crippen LogP) is 3.37. The van der Waals surface area contributed by atoms with E-state index in [1.54, 1.807) is 0 Å². The van der Waals surface area contributed by atoms with Crippen molar-refractivity contribution in [1.29, 1.82) is 0 Å². The first-order valence-electron chi connectivity index (χ1n) is 4.83. The molecule has 0 spiro atoms. The second-order valence-corrected chi connectivity index (χ2v) is 4.23. The van der Waals surface area contributed by atoms with Gasteiger partial charge < -0.3 is 9.47 Å². The largest absolute Gasteiger partial charge is 0.486 e. The molecule has 3 heteroatoms. The van der Waals surface area contributed by atoms with Gasteiger partial charge in [0.2, 0.25) is 0 Å². The van der Waals surface area contributed by atoms with Gasteiger partial charge in [0.25, 0.3) is 0 Å². The summed E-state index contributed by atoms with van der Waals surface area (Å²) in [5.41, 5.74) is 0. The lowest BCUT2D eigenvalue weighted by Gasteiger charge is -2.20. The quantitative estimate of drug-likeness (QED) is 0.727. The molecule has 2 aromatic carbocycles. The lowest BCUT2D eigenvalue weighted by molar-refractivity contribution is 0.171. The Kier molecular flexibility index (Phi) is 2.06. The summed E-state index contributed by atoms with van der Waals surface area (Å²) in [6.07, 6.45) is 0. The lowest BCUT2D eigenvalue weighted by atomic mass is 10.1. The molecule has 0 radical (unpaired) electrons. The minimum Gasteiger partial charge on any atom is -0.486 e. The summed E-state index contributed by atoms with van der Waals surface area (Å²) < 4.78 is 12.1. The Labute approximate surface area is 95.9 Å². The Hall–Kier alpha value is -1.22. The van der Waals surface area contributed by atoms with Gasteiger partial charge in [0.1, 0.15) is 13.2 Å². The monoisotopic (exact) mass is 264 g/mol. The molecule has 0 fully saturated rings. The number of ether oxygens (including phenoxy) is 2. The first-order chi connectivity index (χ1) is 7.36. The summed E-state index contributed by atoms with van der Waals surface area (Å²) in [5, 5.41) is 2.32. The number of hydrogen-bond acceptors (Lipinski definition) is 2. The molecule has 3 rings (SSSR count). The van der Waals surface area contributed by atoms with E-state index < -0.39 is 0 Å². The third kappa shape index (κ3) is 1.38. The maximum absolute atomic E-state index is 5.59. The first-order valence-corrected chi connectivity index (χ1v) is 5.62. The Bertz CT molecular complexity index is 522. The molecule has 0 atom stereocenters. The molecule has 76 valence electrons. The number of fused-ring (bicyclic) bond motifs is 2. The highest BCUT2D eigenvalue weighted by atomic mass is 79.9. The normalized spacial score (nSPS) is 14.2. The zero-order valence-corrected chi connectivity index (χ0v) is 9.58. The molecule has 2 nitrogen and oxygen atoms in total. The van der Waals surface area contributed by atoms with E-state index in [2.05, 4.69) is 28.1 Å². The van der Waals surface area contributed by atoms with Gasteiger partial charge in [-0.1, -0.05) is 24.3 Å². The van der Waals surface area contributed by atoms with Crippen molar-refractivity contribution in [2.24, 2.45) is 0 Å². The average molecular weight is 265 g/mol. The standard InChI is InChI=1S/C12H9BrO2/c13-11-9-4-2-1-3-8(9)7-10-12(11)15-6-5-14-10/h1-4,7H,5-6H2. The number of halogens is 1. The van der Waals surface area contributed by atoms with Crippen LogP contribution in [0, 0.1) is 0 Å². The molecule has 2 aromatic rings. The summed E-state index contributed by atoms with van der Waals surface area (Å²) in [5.74, 6) is 1.65. The summed E-state index contributed by atoms with van der Waals surface area (Å²) in [6, 6.07) is 10.2. The summed E-state index contributed by atoms with van der Waals surface area (Å²) >= 11 is 3.56. The van der Waals surface area contributed by atoms with Gasteiger partial charge in [0.15, 0.2) is 11.5 Å². The Morgan fingerprint density at radius 2 is 1.87 bits per heavy atom. The van der Waals surface area contributed by atoms with Crippen LogP contribution in [0.15, 0.2) is 34.8 Å². The predicted molar refractivity (Wildman–Crippen MR) is 62.6 cm³/mol. The summed E-state index contributed by atoms with van der Waals surface area (Å²) in [6.45, 7) is 1.24. The van der Waals surface area contributed by atoms with Gasteiger partial charge in [-0.25, -0.2) is 0 Å². The summed E-state index contributed by atoms with van der Waals surface area (Å²) in [7, 11) is 0. The van der Waals surface area contributed by atoms with Crippen LogP contribution >= 0.6 is 15.9 Å². The van der Waals surface area contributed by atoms with E-state index in [-0.39, 0.29) is 0 Å². The van der Waals surface area contributed by atoms with Crippen LogP contribution in [-0.2, 0) is 0 Å². The molecular formula is C12H9BrO2. The van der Waals surface area contributed by atoms with Gasteiger partial charge in [0, 0.05) is 0 Å². The molecule has 0 amide bonds. The first kappa shape index (κ1) is 9.04. The van der Waals surface area contributed by atoms with E-state index in [1.165, 1.54) is 0 Å². The van der Waals surface area contributed by atoms with E-state index in [0.29, 0.717) is 13.2 Å². The Balaban J connectivity index is 2.36. The van der Waals surface area contributed by atoms with Crippen molar-refractivity contribution in [3.05, 3.63) is 34.8 Å². The highest BCUT2D eigenvalue weighted by molar-refractivity contribution is 9.10. The zero-order chi connectivity index (χ0) is 10.3. The molecule has 15 heavy (non-hydrogen) atoms. The summed E-state index contributed by atoms with van der Waals surface area (Å²) in [4.78, 5) is 0. The van der Waals surface area contributed by atoms with Crippen LogP contribution in [-0.4, -0.2) is 13.2 Å². The van der Waals surface area contributed by atoms with Crippen molar-refractivity contribution < 1.29 is 9.47 Å². The smallest absolute Gasteiger partial charge is 0.176 e. The van der Waals surface area contributed by atoms with E-state index in [0.717, 1.165) is 26.7 Å². The molecular weight excluding hydrogens is 256 g/mol. The van der Waals surface area contributed by atoms with E-state index in [1.807, 2.05) is 18.2 Å². The van der Waals surface area contributed by atoms with Crippen LogP contribution < -0.4 is 9.47 Å². The van der Waals surface area contributed by atoms with Crippen molar-refractivity contribution in [3.63, 3.8) is 0 Å². The molecule has 0 N–H and O–H groups in total. The van der Waals surface area contributed by atoms with Gasteiger partial charge in [-0.3, -0.25) is 0 Å². The highest BCUT2D eigenvalue weighted by Crippen LogP contribution is 2.42. The Morgan fingerprint density at radius 3 is 2.80 bits per heavy atom. The number of benzene rings is 2. The van der Waals surface area contributed by atoms with Gasteiger partial charge >= 0.3 is 0 Å². The van der Waals surface area contributed by atoms with E-state index >= 15 is 0 Å². The van der Waals surface area contributed by atoms with E-state index in [9.17, 15) is 0 Å². The van der Waals surface area contributed by atoms with Gasteiger partial charge in [-0.2, -0.15) is 0 Å². The molecule has 0 saturated carbocycles. The van der Waals surface area contributed by atoms with E-state index in [4.69, 9.17) is 9.47 Å². The van der Waals surface area contributed by atoms with Gasteiger partial charge in [0.05, 0.1) is 4.47 Å². The average Bonchev–Trinajstić information content (AvgIpc) is 2.30. The fourth-order valence-corrected chi connectivity index (χ4v) is 2.47. The molecule has 0 saturated heterocycles. The zero-order valence-electron chi connectivity index (χ0n) is 8.00. The number of hydrogen-bond donors (Lipinski definition) is 0. The third-order valence-corrected chi connectivity index (χ3v) is 3.28. The third-order valence-electron chi connectivity index (χ3n) is 2.49. The Morgan fingerprint density at radius 1 is 1.07 bits per heavy atom. The minimum absolute atomic E-state index is 0.615. The number of rotatable bonds is 0. The van der Waals surface area contributed by atoms with Crippen molar-refractivity contribution >= 4 is 26.7 Å². The van der Waals surface area contributed by atoms with Gasteiger partial charge in [-0.15, -0.1) is 0 Å². The fraction of sp³-hybridized carbons (Fsp3) is 0.167. The molecule has 0 bridgehead atoms. The van der Waals surface area contributed by atoms with Crippen LogP contribution in [0.4, 0.5) is 0 Å². The second-order valence-electron chi connectivity index (χ2n) is 3.44. The fourth-order valence-electron chi connectivity index (χ4n) is 1.80. The van der Waals surface area contributed by atoms with Crippen LogP contribution in [0.3, 0.4) is 0 Å². The highest BCUT2D eigenvalue weighted by Gasteiger charge is 2.17. The molecule has 1 aliphatic rings. The maximum Gasteiger partial charge on any atom is 0.176 e. The van der Waals surface area contributed by atoms with Crippen LogP contribution in [0.1, 0.15) is 0 Å². The van der Waals surface area contributed by atoms with Crippen LogP contribution in [0.2, 0.25) is 0 Å². The van der Waals surface area contributed by atoms with Crippen molar-refractivity contribution in [3.8, 4) is 11.5 Å². The van der Waals surface area contributed by atoms with Crippen molar-refractivity contribution in [1.82, 2.24) is 0 Å². The topological polar surface area (TPSA) is 18.5 Å². The van der Waals surface area contributed by atoms with Gasteiger partial charge in [-0.05, 0) is 32.8 Å². The second kappa shape index (κ2) is 3.42. The molecule has 1 aliphatic heterocycles. The van der Waals surface area contributed by atoms with Crippen molar-refractivity contribution in [2.75, 3.05) is 13.2 Å². The molecule has 0 aliphatic carbocycles. The molecule has 1 heterocycles. The minimum atomic E-state index is 0.615.